The smallest absolute Gasteiger partial charge is 0.339 e. The summed E-state index contributed by atoms with van der Waals surface area (Å²) in [5.74, 6) is -0.896. The number of hydrogen-bond donors (Lipinski definition) is 1. The summed E-state index contributed by atoms with van der Waals surface area (Å²) in [6.07, 6.45) is 2.26. The lowest BCUT2D eigenvalue weighted by atomic mass is 10.2. The van der Waals surface area contributed by atoms with E-state index < -0.39 is 11.8 Å². The summed E-state index contributed by atoms with van der Waals surface area (Å²) < 4.78 is 18.1. The third-order valence-corrected chi connectivity index (χ3v) is 3.86. The molecule has 1 aliphatic rings. The summed E-state index contributed by atoms with van der Waals surface area (Å²) in [5.41, 5.74) is 0.189. The molecule has 0 unspecified atom stereocenters. The summed E-state index contributed by atoms with van der Waals surface area (Å²) in [6.45, 7) is 1.60. The van der Waals surface area contributed by atoms with Crippen molar-refractivity contribution in [1.82, 2.24) is 5.32 Å². The van der Waals surface area contributed by atoms with Gasteiger partial charge in [0.05, 0.1) is 5.56 Å². The van der Waals surface area contributed by atoms with Gasteiger partial charge in [-0.15, -0.1) is 0 Å². The summed E-state index contributed by atoms with van der Waals surface area (Å²) in [7, 11) is 0. The first-order chi connectivity index (χ1) is 9.47. The maximum absolute atomic E-state index is 12.9. The van der Waals surface area contributed by atoms with Gasteiger partial charge in [-0.2, -0.15) is 0 Å². The minimum absolute atomic E-state index is 0.110. The molecular weight excluding hydrogens is 329 g/mol. The Labute approximate surface area is 124 Å². The second kappa shape index (κ2) is 6.35. The molecule has 0 aliphatic heterocycles. The zero-order valence-corrected chi connectivity index (χ0v) is 12.6. The predicted molar refractivity (Wildman–Crippen MR) is 74.7 cm³/mol. The van der Waals surface area contributed by atoms with Crippen molar-refractivity contribution >= 4 is 27.8 Å². The van der Waals surface area contributed by atoms with Crippen LogP contribution in [-0.2, 0) is 9.53 Å². The highest BCUT2D eigenvalue weighted by atomic mass is 79.9. The fourth-order valence-corrected chi connectivity index (χ4v) is 2.39. The van der Waals surface area contributed by atoms with Crippen LogP contribution in [0.15, 0.2) is 22.7 Å². The standard InChI is InChI=1S/C14H15BrFNO3/c1-8(9-2-3-9)17-13(18)7-20-14(19)11-5-4-10(16)6-12(11)15/h4-6,8-9H,2-3,7H2,1H3,(H,17,18)/t8-/m0/s1. The van der Waals surface area contributed by atoms with Crippen LogP contribution in [0, 0.1) is 11.7 Å². The minimum atomic E-state index is -0.661. The van der Waals surface area contributed by atoms with E-state index in [2.05, 4.69) is 21.2 Å². The number of carbonyl (C=O) groups excluding carboxylic acids is 2. The third-order valence-electron chi connectivity index (χ3n) is 3.20. The van der Waals surface area contributed by atoms with Gasteiger partial charge < -0.3 is 10.1 Å². The van der Waals surface area contributed by atoms with Gasteiger partial charge in [-0.1, -0.05) is 0 Å². The number of carbonyl (C=O) groups is 2. The van der Waals surface area contributed by atoms with Gasteiger partial charge in [-0.25, -0.2) is 9.18 Å². The molecule has 0 heterocycles. The molecule has 0 saturated heterocycles. The van der Waals surface area contributed by atoms with E-state index in [0.29, 0.717) is 10.4 Å². The lowest BCUT2D eigenvalue weighted by Crippen LogP contribution is -2.37. The topological polar surface area (TPSA) is 55.4 Å². The SMILES string of the molecule is C[C@H](NC(=O)COC(=O)c1ccc(F)cc1Br)C1CC1. The number of esters is 1. The monoisotopic (exact) mass is 343 g/mol. The molecule has 1 N–H and O–H groups in total. The molecule has 0 radical (unpaired) electrons. The first-order valence-corrected chi connectivity index (χ1v) is 7.18. The van der Waals surface area contributed by atoms with Crippen molar-refractivity contribution in [2.75, 3.05) is 6.61 Å². The normalized spacial score (nSPS) is 15.6. The molecule has 1 saturated carbocycles. The molecule has 1 aromatic rings. The number of hydrogen-bond acceptors (Lipinski definition) is 3. The quantitative estimate of drug-likeness (QED) is 0.836. The summed E-state index contributed by atoms with van der Waals surface area (Å²) in [6, 6.07) is 3.76. The van der Waals surface area contributed by atoms with Gasteiger partial charge >= 0.3 is 5.97 Å². The van der Waals surface area contributed by atoms with Crippen molar-refractivity contribution in [2.45, 2.75) is 25.8 Å². The van der Waals surface area contributed by atoms with Gasteiger partial charge in [0.1, 0.15) is 5.82 Å². The molecule has 1 aliphatic carbocycles. The Morgan fingerprint density at radius 2 is 2.20 bits per heavy atom. The van der Waals surface area contributed by atoms with E-state index in [1.165, 1.54) is 12.1 Å². The Morgan fingerprint density at radius 1 is 1.50 bits per heavy atom. The Balaban J connectivity index is 1.83. The first kappa shape index (κ1) is 15.0. The number of amides is 1. The Bertz CT molecular complexity index is 531. The Kier molecular flexibility index (Phi) is 4.75. The van der Waals surface area contributed by atoms with Crippen LogP contribution in [0.5, 0.6) is 0 Å². The molecule has 0 spiro atoms. The van der Waals surface area contributed by atoms with Gasteiger partial charge in [-0.3, -0.25) is 4.79 Å². The summed E-state index contributed by atoms with van der Waals surface area (Å²) >= 11 is 3.08. The maximum Gasteiger partial charge on any atom is 0.339 e. The highest BCUT2D eigenvalue weighted by Crippen LogP contribution is 2.32. The molecule has 1 aromatic carbocycles. The van der Waals surface area contributed by atoms with Crippen LogP contribution in [-0.4, -0.2) is 24.5 Å². The highest BCUT2D eigenvalue weighted by Gasteiger charge is 2.29. The second-order valence-electron chi connectivity index (χ2n) is 4.89. The van der Waals surface area contributed by atoms with Crippen molar-refractivity contribution in [3.05, 3.63) is 34.1 Å². The molecule has 0 aromatic heterocycles. The van der Waals surface area contributed by atoms with Crippen molar-refractivity contribution in [3.8, 4) is 0 Å². The largest absolute Gasteiger partial charge is 0.452 e. The average Bonchev–Trinajstić information content (AvgIpc) is 3.20. The number of nitrogens with one attached hydrogen (secondary N) is 1. The van der Waals surface area contributed by atoms with Gasteiger partial charge in [-0.05, 0) is 59.8 Å². The van der Waals surface area contributed by atoms with Crippen LogP contribution in [0.4, 0.5) is 4.39 Å². The van der Waals surface area contributed by atoms with Crippen molar-refractivity contribution in [1.29, 1.82) is 0 Å². The number of rotatable bonds is 5. The van der Waals surface area contributed by atoms with Gasteiger partial charge in [0.15, 0.2) is 6.61 Å². The Morgan fingerprint density at radius 3 is 2.80 bits per heavy atom. The van der Waals surface area contributed by atoms with Crippen molar-refractivity contribution in [3.63, 3.8) is 0 Å². The van der Waals surface area contributed by atoms with Crippen LogP contribution in [0.25, 0.3) is 0 Å². The van der Waals surface area contributed by atoms with E-state index in [0.717, 1.165) is 18.9 Å². The van der Waals surface area contributed by atoms with Crippen molar-refractivity contribution in [2.24, 2.45) is 5.92 Å². The Hall–Kier alpha value is -1.43. The van der Waals surface area contributed by atoms with Gasteiger partial charge in [0.2, 0.25) is 0 Å². The lowest BCUT2D eigenvalue weighted by molar-refractivity contribution is -0.124. The molecule has 0 bridgehead atoms. The van der Waals surface area contributed by atoms with E-state index in [9.17, 15) is 14.0 Å². The number of benzene rings is 1. The van der Waals surface area contributed by atoms with Crippen LogP contribution in [0.1, 0.15) is 30.1 Å². The molecule has 4 nitrogen and oxygen atoms in total. The second-order valence-corrected chi connectivity index (χ2v) is 5.75. The molecular formula is C14H15BrFNO3. The fourth-order valence-electron chi connectivity index (χ4n) is 1.87. The number of halogens is 2. The van der Waals surface area contributed by atoms with Crippen LogP contribution in [0.3, 0.4) is 0 Å². The van der Waals surface area contributed by atoms with Crippen LogP contribution in [0.2, 0.25) is 0 Å². The minimum Gasteiger partial charge on any atom is -0.452 e. The molecule has 1 amide bonds. The van der Waals surface area contributed by atoms with E-state index in [4.69, 9.17) is 4.74 Å². The lowest BCUT2D eigenvalue weighted by Gasteiger charge is -2.13. The summed E-state index contributed by atoms with van der Waals surface area (Å²) in [5, 5.41) is 2.78. The van der Waals surface area contributed by atoms with E-state index in [1.54, 1.807) is 0 Å². The zero-order chi connectivity index (χ0) is 14.7. The van der Waals surface area contributed by atoms with E-state index in [1.807, 2.05) is 6.92 Å². The average molecular weight is 344 g/mol. The molecule has 6 heteroatoms. The first-order valence-electron chi connectivity index (χ1n) is 6.39. The van der Waals surface area contributed by atoms with Crippen LogP contribution < -0.4 is 5.32 Å². The summed E-state index contributed by atoms with van der Waals surface area (Å²) in [4.78, 5) is 23.4. The van der Waals surface area contributed by atoms with Crippen molar-refractivity contribution < 1.29 is 18.7 Å². The highest BCUT2D eigenvalue weighted by molar-refractivity contribution is 9.10. The van der Waals surface area contributed by atoms with Gasteiger partial charge in [0, 0.05) is 10.5 Å². The third kappa shape index (κ3) is 4.03. The molecule has 108 valence electrons. The van der Waals surface area contributed by atoms with Gasteiger partial charge in [0.25, 0.3) is 5.91 Å². The number of ether oxygens (including phenoxy) is 1. The molecule has 1 atom stereocenters. The van der Waals surface area contributed by atoms with E-state index in [-0.39, 0.29) is 24.1 Å². The fraction of sp³-hybridized carbons (Fsp3) is 0.429. The molecule has 1 fully saturated rings. The zero-order valence-electron chi connectivity index (χ0n) is 11.0. The molecule has 2 rings (SSSR count). The maximum atomic E-state index is 12.9. The van der Waals surface area contributed by atoms with E-state index >= 15 is 0 Å². The van der Waals surface area contributed by atoms with Crippen LogP contribution >= 0.6 is 15.9 Å². The predicted octanol–water partition coefficient (Wildman–Crippen LogP) is 2.66. The molecule has 20 heavy (non-hydrogen) atoms.